The third-order valence-electron chi connectivity index (χ3n) is 4.64. The highest BCUT2D eigenvalue weighted by Gasteiger charge is 2.38. The predicted molar refractivity (Wildman–Crippen MR) is 92.5 cm³/mol. The summed E-state index contributed by atoms with van der Waals surface area (Å²) in [5.74, 6) is -1.71. The lowest BCUT2D eigenvalue weighted by atomic mass is 10.0. The summed E-state index contributed by atoms with van der Waals surface area (Å²) in [6.07, 6.45) is -12.6. The summed E-state index contributed by atoms with van der Waals surface area (Å²) in [6, 6.07) is 0.862. The summed E-state index contributed by atoms with van der Waals surface area (Å²) in [5, 5.41) is 2.78. The van der Waals surface area contributed by atoms with Crippen LogP contribution in [-0.2, 0) is 25.1 Å². The van der Waals surface area contributed by atoms with Crippen LogP contribution in [-0.4, -0.2) is 25.6 Å². The SMILES string of the molecule is FC(F)(F)c1cc(Cn2cnc3c(NC4CC4)nc(C(F)(F)F)nc32)cc(C(F)(F)F)c1. The Labute approximate surface area is 173 Å². The van der Waals surface area contributed by atoms with Gasteiger partial charge in [0, 0.05) is 6.04 Å². The van der Waals surface area contributed by atoms with E-state index in [4.69, 9.17) is 0 Å². The summed E-state index contributed by atoms with van der Waals surface area (Å²) in [7, 11) is 0. The maximum absolute atomic E-state index is 13.2. The third-order valence-corrected chi connectivity index (χ3v) is 4.64. The maximum atomic E-state index is 13.2. The minimum atomic E-state index is -5.06. The summed E-state index contributed by atoms with van der Waals surface area (Å²) in [6.45, 7) is -0.624. The molecule has 1 aliphatic rings. The van der Waals surface area contributed by atoms with E-state index < -0.39 is 47.6 Å². The molecular weight excluding hydrogens is 457 g/mol. The zero-order valence-corrected chi connectivity index (χ0v) is 15.7. The van der Waals surface area contributed by atoms with E-state index in [0.717, 1.165) is 10.9 Å². The molecule has 0 aliphatic heterocycles. The molecule has 14 heteroatoms. The minimum Gasteiger partial charge on any atom is -0.365 e. The number of imidazole rings is 1. The van der Waals surface area contributed by atoms with Gasteiger partial charge in [0.2, 0.25) is 5.82 Å². The van der Waals surface area contributed by atoms with Gasteiger partial charge >= 0.3 is 18.5 Å². The molecule has 0 spiro atoms. The van der Waals surface area contributed by atoms with Crippen LogP contribution in [0.15, 0.2) is 24.5 Å². The molecule has 2 aromatic heterocycles. The molecule has 5 nitrogen and oxygen atoms in total. The monoisotopic (exact) mass is 469 g/mol. The summed E-state index contributed by atoms with van der Waals surface area (Å²) < 4.78 is 119. The maximum Gasteiger partial charge on any atom is 0.451 e. The second-order valence-corrected chi connectivity index (χ2v) is 7.27. The van der Waals surface area contributed by atoms with Crippen molar-refractivity contribution in [1.29, 1.82) is 0 Å². The number of rotatable bonds is 4. The van der Waals surface area contributed by atoms with Crippen molar-refractivity contribution in [3.63, 3.8) is 0 Å². The van der Waals surface area contributed by atoms with Crippen LogP contribution in [0.25, 0.3) is 11.2 Å². The number of benzene rings is 1. The van der Waals surface area contributed by atoms with Gasteiger partial charge < -0.3 is 9.88 Å². The van der Waals surface area contributed by atoms with Crippen molar-refractivity contribution in [2.75, 3.05) is 5.32 Å². The molecule has 32 heavy (non-hydrogen) atoms. The second kappa shape index (κ2) is 7.24. The van der Waals surface area contributed by atoms with Crippen LogP contribution in [0, 0.1) is 0 Å². The first kappa shape index (κ1) is 22.1. The molecule has 3 aromatic rings. The van der Waals surface area contributed by atoms with Crippen LogP contribution in [0.2, 0.25) is 0 Å². The van der Waals surface area contributed by atoms with Crippen molar-refractivity contribution in [3.05, 3.63) is 47.0 Å². The van der Waals surface area contributed by atoms with Gasteiger partial charge in [-0.15, -0.1) is 0 Å². The molecule has 172 valence electrons. The number of alkyl halides is 9. The zero-order chi connectivity index (χ0) is 23.5. The van der Waals surface area contributed by atoms with Crippen molar-refractivity contribution >= 4 is 17.0 Å². The normalized spacial score (nSPS) is 15.4. The number of nitrogens with one attached hydrogen (secondary N) is 1. The lowest BCUT2D eigenvalue weighted by Crippen LogP contribution is -2.15. The van der Waals surface area contributed by atoms with Crippen molar-refractivity contribution in [3.8, 4) is 0 Å². The van der Waals surface area contributed by atoms with E-state index >= 15 is 0 Å². The first-order valence-electron chi connectivity index (χ1n) is 9.07. The van der Waals surface area contributed by atoms with Gasteiger partial charge in [-0.2, -0.15) is 39.5 Å². The Kier molecular flexibility index (Phi) is 5.01. The number of hydrogen-bond donors (Lipinski definition) is 1. The summed E-state index contributed by atoms with van der Waals surface area (Å²) in [4.78, 5) is 10.8. The minimum absolute atomic E-state index is 0.0306. The number of anilines is 1. The van der Waals surface area contributed by atoms with E-state index in [0.29, 0.717) is 25.0 Å². The Hall–Kier alpha value is -3.06. The second-order valence-electron chi connectivity index (χ2n) is 7.27. The van der Waals surface area contributed by atoms with E-state index in [2.05, 4.69) is 20.3 Å². The van der Waals surface area contributed by atoms with Crippen molar-refractivity contribution in [1.82, 2.24) is 19.5 Å². The standard InChI is InChI=1S/C18H12F9N5/c19-16(20,21)9-3-8(4-10(5-9)17(22,23)24)6-32-7-28-12-13(29-11-1-2-11)30-15(18(25,26)27)31-14(12)32/h3-5,7,11H,1-2,6H2,(H,29,30,31). The third kappa shape index (κ3) is 4.58. The van der Waals surface area contributed by atoms with Gasteiger partial charge in [0.1, 0.15) is 5.52 Å². The van der Waals surface area contributed by atoms with Crippen LogP contribution in [0.3, 0.4) is 0 Å². The highest BCUT2D eigenvalue weighted by molar-refractivity contribution is 5.83. The van der Waals surface area contributed by atoms with Crippen molar-refractivity contribution < 1.29 is 39.5 Å². The van der Waals surface area contributed by atoms with Gasteiger partial charge in [-0.1, -0.05) is 0 Å². The molecular formula is C18H12F9N5. The fourth-order valence-corrected chi connectivity index (χ4v) is 3.02. The Balaban J connectivity index is 1.81. The van der Waals surface area contributed by atoms with Crippen LogP contribution in [0.4, 0.5) is 45.3 Å². The van der Waals surface area contributed by atoms with Gasteiger partial charge in [-0.05, 0) is 36.6 Å². The quantitative estimate of drug-likeness (QED) is 0.513. The molecule has 0 saturated heterocycles. The van der Waals surface area contributed by atoms with Crippen LogP contribution < -0.4 is 5.32 Å². The Morgan fingerprint density at radius 3 is 1.94 bits per heavy atom. The number of aromatic nitrogens is 4. The van der Waals surface area contributed by atoms with E-state index in [9.17, 15) is 39.5 Å². The molecule has 0 bridgehead atoms. The topological polar surface area (TPSA) is 55.6 Å². The lowest BCUT2D eigenvalue weighted by molar-refractivity contribution is -0.145. The van der Waals surface area contributed by atoms with E-state index in [-0.39, 0.29) is 29.1 Å². The fraction of sp³-hybridized carbons (Fsp3) is 0.389. The summed E-state index contributed by atoms with van der Waals surface area (Å²) >= 11 is 0. The van der Waals surface area contributed by atoms with Gasteiger partial charge in [-0.3, -0.25) is 0 Å². The van der Waals surface area contributed by atoms with Gasteiger partial charge in [-0.25, -0.2) is 15.0 Å². The lowest BCUT2D eigenvalue weighted by Gasteiger charge is -2.15. The van der Waals surface area contributed by atoms with E-state index in [1.54, 1.807) is 0 Å². The van der Waals surface area contributed by atoms with Crippen molar-refractivity contribution in [2.24, 2.45) is 0 Å². The van der Waals surface area contributed by atoms with Gasteiger partial charge in [0.05, 0.1) is 24.0 Å². The van der Waals surface area contributed by atoms with E-state index in [1.807, 2.05) is 0 Å². The van der Waals surface area contributed by atoms with E-state index in [1.165, 1.54) is 0 Å². The highest BCUT2D eigenvalue weighted by atomic mass is 19.4. The molecule has 4 rings (SSSR count). The predicted octanol–water partition coefficient (Wildman–Crippen LogP) is 5.51. The van der Waals surface area contributed by atoms with Gasteiger partial charge in [0.25, 0.3) is 0 Å². The average molecular weight is 469 g/mol. The van der Waals surface area contributed by atoms with Crippen LogP contribution >= 0.6 is 0 Å². The first-order chi connectivity index (χ1) is 14.7. The number of hydrogen-bond acceptors (Lipinski definition) is 4. The molecule has 1 N–H and O–H groups in total. The molecule has 0 radical (unpaired) electrons. The molecule has 1 saturated carbocycles. The number of fused-ring (bicyclic) bond motifs is 1. The fourth-order valence-electron chi connectivity index (χ4n) is 3.02. The van der Waals surface area contributed by atoms with Crippen LogP contribution in [0.5, 0.6) is 0 Å². The zero-order valence-electron chi connectivity index (χ0n) is 15.7. The average Bonchev–Trinajstić information content (AvgIpc) is 3.38. The first-order valence-corrected chi connectivity index (χ1v) is 9.07. The smallest absolute Gasteiger partial charge is 0.365 e. The van der Waals surface area contributed by atoms with Gasteiger partial charge in [0.15, 0.2) is 11.5 Å². The Morgan fingerprint density at radius 2 is 1.44 bits per heavy atom. The molecule has 1 aromatic carbocycles. The van der Waals surface area contributed by atoms with Crippen LogP contribution in [0.1, 0.15) is 35.4 Å². The molecule has 1 fully saturated rings. The number of nitrogens with zero attached hydrogens (tertiary/aromatic N) is 4. The molecule has 0 unspecified atom stereocenters. The Bertz CT molecular complexity index is 1120. The molecule has 1 aliphatic carbocycles. The summed E-state index contributed by atoms with van der Waals surface area (Å²) in [5.41, 5.74) is -3.95. The Morgan fingerprint density at radius 1 is 0.844 bits per heavy atom. The number of halogens is 9. The molecule has 0 atom stereocenters. The van der Waals surface area contributed by atoms with Crippen molar-refractivity contribution in [2.45, 2.75) is 44.0 Å². The molecule has 2 heterocycles. The molecule has 0 amide bonds. The highest BCUT2D eigenvalue weighted by Crippen LogP contribution is 2.37. The largest absolute Gasteiger partial charge is 0.451 e.